The predicted molar refractivity (Wildman–Crippen MR) is 110 cm³/mol. The van der Waals surface area contributed by atoms with Crippen LogP contribution in [-0.2, 0) is 6.42 Å². The molecule has 3 heterocycles. The lowest BCUT2D eigenvalue weighted by atomic mass is 10.1. The lowest BCUT2D eigenvalue weighted by Crippen LogP contribution is -2.50. The molecule has 0 radical (unpaired) electrons. The van der Waals surface area contributed by atoms with E-state index in [0.717, 1.165) is 47.8 Å². The molecule has 7 nitrogen and oxygen atoms in total. The highest BCUT2D eigenvalue weighted by Gasteiger charge is 2.23. The van der Waals surface area contributed by atoms with Crippen molar-refractivity contribution in [1.29, 1.82) is 0 Å². The molecular weight excluding hydrogens is 352 g/mol. The van der Waals surface area contributed by atoms with Gasteiger partial charge in [0.05, 0.1) is 5.69 Å². The maximum absolute atomic E-state index is 12.6. The van der Waals surface area contributed by atoms with Crippen molar-refractivity contribution in [2.45, 2.75) is 13.3 Å². The van der Waals surface area contributed by atoms with Crippen molar-refractivity contribution in [2.75, 3.05) is 36.4 Å². The summed E-state index contributed by atoms with van der Waals surface area (Å²) in [4.78, 5) is 20.7. The summed E-state index contributed by atoms with van der Waals surface area (Å²) in [5.74, 6) is 0.906. The molecule has 144 valence electrons. The molecule has 7 heteroatoms. The number of aromatic nitrogens is 3. The summed E-state index contributed by atoms with van der Waals surface area (Å²) in [5, 5.41) is 10.6. The maximum atomic E-state index is 12.6. The molecule has 4 rings (SSSR count). The number of carbonyl (C=O) groups is 1. The van der Waals surface area contributed by atoms with E-state index in [0.29, 0.717) is 13.1 Å². The number of amides is 2. The smallest absolute Gasteiger partial charge is 0.321 e. The molecule has 1 aromatic carbocycles. The molecule has 2 N–H and O–H groups in total. The number of piperazine rings is 1. The van der Waals surface area contributed by atoms with E-state index in [1.54, 1.807) is 12.4 Å². The monoisotopic (exact) mass is 376 g/mol. The van der Waals surface area contributed by atoms with Gasteiger partial charge in [-0.2, -0.15) is 5.10 Å². The van der Waals surface area contributed by atoms with Crippen LogP contribution in [0.25, 0.3) is 11.3 Å². The van der Waals surface area contributed by atoms with Crippen molar-refractivity contribution in [3.63, 3.8) is 0 Å². The molecule has 1 saturated heterocycles. The Labute approximate surface area is 164 Å². The van der Waals surface area contributed by atoms with Crippen LogP contribution < -0.4 is 10.2 Å². The van der Waals surface area contributed by atoms with Crippen LogP contribution in [0.15, 0.2) is 54.9 Å². The van der Waals surface area contributed by atoms with Gasteiger partial charge in [-0.25, -0.2) is 4.79 Å². The minimum absolute atomic E-state index is 0.0416. The lowest BCUT2D eigenvalue weighted by molar-refractivity contribution is 0.208. The van der Waals surface area contributed by atoms with Crippen LogP contribution in [0, 0.1) is 0 Å². The van der Waals surface area contributed by atoms with Gasteiger partial charge in [0.15, 0.2) is 5.82 Å². The third-order valence-electron chi connectivity index (χ3n) is 5.09. The van der Waals surface area contributed by atoms with Crippen LogP contribution in [0.2, 0.25) is 0 Å². The number of nitrogens with one attached hydrogen (secondary N) is 2. The number of hydrogen-bond donors (Lipinski definition) is 2. The zero-order valence-electron chi connectivity index (χ0n) is 15.9. The molecule has 28 heavy (non-hydrogen) atoms. The fourth-order valence-electron chi connectivity index (χ4n) is 3.44. The summed E-state index contributed by atoms with van der Waals surface area (Å²) in [6.45, 7) is 4.93. The molecule has 0 unspecified atom stereocenters. The second kappa shape index (κ2) is 8.12. The lowest BCUT2D eigenvalue weighted by Gasteiger charge is -2.34. The fourth-order valence-corrected chi connectivity index (χ4v) is 3.44. The van der Waals surface area contributed by atoms with Gasteiger partial charge in [-0.3, -0.25) is 10.1 Å². The van der Waals surface area contributed by atoms with Gasteiger partial charge in [0.25, 0.3) is 0 Å². The van der Waals surface area contributed by atoms with E-state index in [-0.39, 0.29) is 6.03 Å². The largest absolute Gasteiger partial charge is 0.352 e. The van der Waals surface area contributed by atoms with Gasteiger partial charge in [0.1, 0.15) is 0 Å². The standard InChI is InChI=1S/C21H24N6O/c1-2-16-5-3-4-6-18(16)23-21(28)27-13-11-26(12-14-27)20-15-19(24-25-20)17-7-9-22-10-8-17/h3-10,15H,2,11-14H2,1H3,(H,23,28)(H,24,25). The third kappa shape index (κ3) is 3.83. The number of rotatable bonds is 4. The number of carbonyl (C=O) groups excluding carboxylic acids is 1. The minimum Gasteiger partial charge on any atom is -0.352 e. The van der Waals surface area contributed by atoms with Gasteiger partial charge < -0.3 is 15.1 Å². The number of urea groups is 1. The van der Waals surface area contributed by atoms with E-state index < -0.39 is 0 Å². The average molecular weight is 376 g/mol. The van der Waals surface area contributed by atoms with Crippen LogP contribution in [-0.4, -0.2) is 52.3 Å². The zero-order valence-corrected chi connectivity index (χ0v) is 15.9. The molecule has 2 aromatic heterocycles. The summed E-state index contributed by atoms with van der Waals surface area (Å²) >= 11 is 0. The molecule has 0 bridgehead atoms. The van der Waals surface area contributed by atoms with Crippen molar-refractivity contribution < 1.29 is 4.79 Å². The molecule has 0 spiro atoms. The van der Waals surface area contributed by atoms with Gasteiger partial charge in [-0.05, 0) is 30.2 Å². The number of benzene rings is 1. The third-order valence-corrected chi connectivity index (χ3v) is 5.09. The second-order valence-corrected chi connectivity index (χ2v) is 6.79. The number of H-pyrrole nitrogens is 1. The number of para-hydroxylation sites is 1. The van der Waals surface area contributed by atoms with Crippen LogP contribution in [0.4, 0.5) is 16.3 Å². The molecular formula is C21H24N6O. The summed E-state index contributed by atoms with van der Waals surface area (Å²) in [5.41, 5.74) is 4.07. The topological polar surface area (TPSA) is 77.2 Å². The van der Waals surface area contributed by atoms with E-state index in [4.69, 9.17) is 0 Å². The predicted octanol–water partition coefficient (Wildman–Crippen LogP) is 3.39. The Morgan fingerprint density at radius 3 is 2.61 bits per heavy atom. The quantitative estimate of drug-likeness (QED) is 0.732. The first-order valence-electron chi connectivity index (χ1n) is 9.59. The number of aryl methyl sites for hydroxylation is 1. The van der Waals surface area contributed by atoms with E-state index in [1.165, 1.54) is 0 Å². The highest BCUT2D eigenvalue weighted by Crippen LogP contribution is 2.22. The van der Waals surface area contributed by atoms with E-state index in [1.807, 2.05) is 47.4 Å². The molecule has 1 aliphatic heterocycles. The highest BCUT2D eigenvalue weighted by molar-refractivity contribution is 5.90. The summed E-state index contributed by atoms with van der Waals surface area (Å²) in [6.07, 6.45) is 4.43. The Morgan fingerprint density at radius 2 is 1.86 bits per heavy atom. The first kappa shape index (κ1) is 18.0. The Balaban J connectivity index is 1.36. The summed E-state index contributed by atoms with van der Waals surface area (Å²) < 4.78 is 0. The number of pyridine rings is 1. The highest BCUT2D eigenvalue weighted by atomic mass is 16.2. The molecule has 1 aliphatic rings. The Hall–Kier alpha value is -3.35. The summed E-state index contributed by atoms with van der Waals surface area (Å²) in [6, 6.07) is 13.9. The molecule has 2 amide bonds. The van der Waals surface area contributed by atoms with Gasteiger partial charge in [0, 0.05) is 55.9 Å². The van der Waals surface area contributed by atoms with Gasteiger partial charge in [-0.1, -0.05) is 25.1 Å². The molecule has 3 aromatic rings. The molecule has 0 aliphatic carbocycles. The number of anilines is 2. The number of nitrogens with zero attached hydrogens (tertiary/aromatic N) is 4. The van der Waals surface area contributed by atoms with E-state index in [9.17, 15) is 4.79 Å². The normalized spacial score (nSPS) is 14.2. The van der Waals surface area contributed by atoms with Crippen LogP contribution >= 0.6 is 0 Å². The van der Waals surface area contributed by atoms with E-state index >= 15 is 0 Å². The average Bonchev–Trinajstić information content (AvgIpc) is 3.25. The van der Waals surface area contributed by atoms with Crippen LogP contribution in [0.5, 0.6) is 0 Å². The SMILES string of the molecule is CCc1ccccc1NC(=O)N1CCN(c2cc(-c3ccncc3)[nH]n2)CC1. The van der Waals surface area contributed by atoms with Crippen molar-refractivity contribution in [2.24, 2.45) is 0 Å². The van der Waals surface area contributed by atoms with Crippen molar-refractivity contribution >= 4 is 17.5 Å². The van der Waals surface area contributed by atoms with Crippen molar-refractivity contribution in [1.82, 2.24) is 20.1 Å². The number of aromatic amines is 1. The van der Waals surface area contributed by atoms with Gasteiger partial charge >= 0.3 is 6.03 Å². The second-order valence-electron chi connectivity index (χ2n) is 6.79. The Kier molecular flexibility index (Phi) is 5.23. The number of hydrogen-bond acceptors (Lipinski definition) is 4. The summed E-state index contributed by atoms with van der Waals surface area (Å²) in [7, 11) is 0. The molecule has 0 saturated carbocycles. The molecule has 1 fully saturated rings. The Morgan fingerprint density at radius 1 is 1.11 bits per heavy atom. The molecule has 0 atom stereocenters. The minimum atomic E-state index is -0.0416. The first-order valence-corrected chi connectivity index (χ1v) is 9.59. The zero-order chi connectivity index (χ0) is 19.3. The van der Waals surface area contributed by atoms with Gasteiger partial charge in [0.2, 0.25) is 0 Å². The van der Waals surface area contributed by atoms with Crippen LogP contribution in [0.3, 0.4) is 0 Å². The fraction of sp³-hybridized carbons (Fsp3) is 0.286. The van der Waals surface area contributed by atoms with E-state index in [2.05, 4.69) is 32.3 Å². The Bertz CT molecular complexity index is 931. The van der Waals surface area contributed by atoms with Crippen LogP contribution in [0.1, 0.15) is 12.5 Å². The van der Waals surface area contributed by atoms with Crippen molar-refractivity contribution in [3.05, 3.63) is 60.4 Å². The van der Waals surface area contributed by atoms with Crippen molar-refractivity contribution in [3.8, 4) is 11.3 Å². The first-order chi connectivity index (χ1) is 13.7. The maximum Gasteiger partial charge on any atom is 0.321 e. The van der Waals surface area contributed by atoms with Gasteiger partial charge in [-0.15, -0.1) is 0 Å².